The zero-order valence-electron chi connectivity index (χ0n) is 20.2. The van der Waals surface area contributed by atoms with Crippen molar-refractivity contribution in [2.24, 2.45) is 0 Å². The van der Waals surface area contributed by atoms with E-state index in [0.717, 1.165) is 10.7 Å². The van der Waals surface area contributed by atoms with Gasteiger partial charge in [-0.05, 0) is 42.3 Å². The first kappa shape index (κ1) is 28.0. The zero-order chi connectivity index (χ0) is 27.4. The fourth-order valence-corrected chi connectivity index (χ4v) is 4.00. The molecule has 1 amide bonds. The highest BCUT2D eigenvalue weighted by molar-refractivity contribution is 6.30. The zero-order valence-corrected chi connectivity index (χ0v) is 20.9. The van der Waals surface area contributed by atoms with Crippen LogP contribution in [0.2, 0.25) is 5.02 Å². The van der Waals surface area contributed by atoms with E-state index in [1.54, 1.807) is 38.1 Å². The summed E-state index contributed by atoms with van der Waals surface area (Å²) in [5, 5.41) is 16.3. The van der Waals surface area contributed by atoms with Gasteiger partial charge in [0, 0.05) is 35.5 Å². The molecule has 3 aromatic rings. The molecule has 0 bridgehead atoms. The fourth-order valence-electron chi connectivity index (χ4n) is 3.87. The average Bonchev–Trinajstić information content (AvgIpc) is 3.12. The minimum Gasteiger partial charge on any atom is -0.481 e. The Bertz CT molecular complexity index is 1330. The molecule has 0 fully saturated rings. The fraction of sp³-hybridized carbons (Fsp3) is 0.360. The summed E-state index contributed by atoms with van der Waals surface area (Å²) in [5.74, 6) is -1.39. The molecule has 0 unspecified atom stereocenters. The van der Waals surface area contributed by atoms with Gasteiger partial charge in [0.2, 0.25) is 5.91 Å². The number of halogens is 4. The number of nitrogens with one attached hydrogen (secondary N) is 1. The van der Waals surface area contributed by atoms with Gasteiger partial charge in [0.25, 0.3) is 0 Å². The number of aromatic nitrogens is 3. The number of carbonyl (C=O) groups is 2. The minimum atomic E-state index is -4.54. The number of amides is 1. The van der Waals surface area contributed by atoms with Crippen LogP contribution in [0.4, 0.5) is 13.2 Å². The van der Waals surface area contributed by atoms with E-state index in [-0.39, 0.29) is 37.3 Å². The van der Waals surface area contributed by atoms with Crippen LogP contribution >= 0.6 is 11.6 Å². The van der Waals surface area contributed by atoms with Crippen molar-refractivity contribution in [1.29, 1.82) is 0 Å². The van der Waals surface area contributed by atoms with E-state index in [4.69, 9.17) is 16.7 Å². The normalized spacial score (nSPS) is 11.9. The predicted molar refractivity (Wildman–Crippen MR) is 131 cm³/mol. The van der Waals surface area contributed by atoms with E-state index in [1.165, 1.54) is 22.8 Å². The molecule has 37 heavy (non-hydrogen) atoms. The number of alkyl halides is 3. The van der Waals surface area contributed by atoms with Crippen molar-refractivity contribution >= 4 is 23.5 Å². The van der Waals surface area contributed by atoms with Crippen molar-refractivity contribution in [3.63, 3.8) is 0 Å². The lowest BCUT2D eigenvalue weighted by molar-refractivity contribution is -0.139. The molecule has 0 radical (unpaired) electrons. The quantitative estimate of drug-likeness (QED) is 0.399. The van der Waals surface area contributed by atoms with Crippen LogP contribution in [0.15, 0.2) is 53.3 Å². The Labute approximate surface area is 215 Å². The van der Waals surface area contributed by atoms with Crippen LogP contribution < -0.4 is 11.0 Å². The third kappa shape index (κ3) is 7.00. The second-order valence-electron chi connectivity index (χ2n) is 9.12. The first-order valence-corrected chi connectivity index (χ1v) is 11.8. The van der Waals surface area contributed by atoms with Crippen LogP contribution in [0.3, 0.4) is 0 Å². The maximum Gasteiger partial charge on any atom is 0.416 e. The van der Waals surface area contributed by atoms with E-state index in [9.17, 15) is 27.6 Å². The highest BCUT2D eigenvalue weighted by Crippen LogP contribution is 2.37. The van der Waals surface area contributed by atoms with Gasteiger partial charge in [0.1, 0.15) is 6.54 Å². The highest BCUT2D eigenvalue weighted by atomic mass is 35.5. The first-order valence-electron chi connectivity index (χ1n) is 11.4. The van der Waals surface area contributed by atoms with E-state index < -0.39 is 41.3 Å². The molecule has 0 saturated carbocycles. The number of hydrogen-bond acceptors (Lipinski definition) is 4. The summed E-state index contributed by atoms with van der Waals surface area (Å²) < 4.78 is 42.6. The summed E-state index contributed by atoms with van der Waals surface area (Å²) >= 11 is 5.94. The molecular weight excluding hydrogens is 513 g/mol. The SMILES string of the molecule is CC(C)(CNC(=O)Cn1nc(-c2ccc(Cl)cc2)n(CCCC(=O)O)c1=O)c1ccccc1C(F)(F)F. The molecule has 0 atom stereocenters. The summed E-state index contributed by atoms with van der Waals surface area (Å²) in [6, 6.07) is 11.7. The highest BCUT2D eigenvalue weighted by Gasteiger charge is 2.37. The second-order valence-corrected chi connectivity index (χ2v) is 9.56. The average molecular weight is 539 g/mol. The Morgan fingerprint density at radius 2 is 1.68 bits per heavy atom. The number of carboxylic acids is 1. The Hall–Kier alpha value is -3.60. The lowest BCUT2D eigenvalue weighted by Gasteiger charge is -2.28. The number of carbonyl (C=O) groups excluding carboxylic acids is 1. The summed E-state index contributed by atoms with van der Waals surface area (Å²) in [7, 11) is 0. The smallest absolute Gasteiger partial charge is 0.416 e. The number of nitrogens with zero attached hydrogens (tertiary/aromatic N) is 3. The van der Waals surface area contributed by atoms with Crippen molar-refractivity contribution in [2.75, 3.05) is 6.54 Å². The Morgan fingerprint density at radius 3 is 2.27 bits per heavy atom. The van der Waals surface area contributed by atoms with Gasteiger partial charge in [-0.25, -0.2) is 9.48 Å². The van der Waals surface area contributed by atoms with Crippen LogP contribution in [0.1, 0.15) is 37.8 Å². The molecular formula is C25H26ClF3N4O4. The molecule has 0 aliphatic heterocycles. The van der Waals surface area contributed by atoms with Gasteiger partial charge >= 0.3 is 17.8 Å². The number of aliphatic carboxylic acids is 1. The summed E-state index contributed by atoms with van der Waals surface area (Å²) in [6.07, 6.45) is -4.54. The molecule has 0 saturated heterocycles. The monoisotopic (exact) mass is 538 g/mol. The Kier molecular flexibility index (Phi) is 8.47. The van der Waals surface area contributed by atoms with Crippen LogP contribution in [-0.2, 0) is 34.3 Å². The maximum atomic E-state index is 13.5. The summed E-state index contributed by atoms with van der Waals surface area (Å²) in [6.45, 7) is 2.64. The van der Waals surface area contributed by atoms with Gasteiger partial charge in [-0.1, -0.05) is 43.6 Å². The Balaban J connectivity index is 1.80. The molecule has 8 nitrogen and oxygen atoms in total. The van der Waals surface area contributed by atoms with Gasteiger partial charge in [-0.15, -0.1) is 5.10 Å². The molecule has 0 spiro atoms. The standard InChI is InChI=1S/C25H26ClF3N4O4/c1-24(2,18-6-3-4-7-19(18)25(27,28)29)15-30-20(34)14-33-23(37)32(13-5-8-21(35)36)22(31-33)16-9-11-17(26)12-10-16/h3-4,6-7,9-12H,5,8,13-15H2,1-2H3,(H,30,34)(H,35,36). The van der Waals surface area contributed by atoms with Crippen LogP contribution in [0, 0.1) is 0 Å². The largest absolute Gasteiger partial charge is 0.481 e. The molecule has 2 aromatic carbocycles. The maximum absolute atomic E-state index is 13.5. The van der Waals surface area contributed by atoms with Crippen LogP contribution in [0.25, 0.3) is 11.4 Å². The van der Waals surface area contributed by atoms with E-state index in [0.29, 0.717) is 10.6 Å². The van der Waals surface area contributed by atoms with Crippen molar-refractivity contribution in [1.82, 2.24) is 19.7 Å². The van der Waals surface area contributed by atoms with Crippen molar-refractivity contribution < 1.29 is 27.9 Å². The number of carboxylic acid groups (broad SMARTS) is 1. The number of rotatable bonds is 10. The van der Waals surface area contributed by atoms with Gasteiger partial charge in [0.15, 0.2) is 5.82 Å². The molecule has 0 aliphatic carbocycles. The summed E-state index contributed by atoms with van der Waals surface area (Å²) in [5.41, 5.74) is -1.88. The third-order valence-corrected chi connectivity index (χ3v) is 6.03. The minimum absolute atomic E-state index is 0.0349. The molecule has 1 heterocycles. The topological polar surface area (TPSA) is 106 Å². The van der Waals surface area contributed by atoms with Gasteiger partial charge < -0.3 is 10.4 Å². The lowest BCUT2D eigenvalue weighted by Crippen LogP contribution is -2.40. The lowest BCUT2D eigenvalue weighted by atomic mass is 9.81. The second kappa shape index (κ2) is 11.2. The van der Waals surface area contributed by atoms with Crippen LogP contribution in [-0.4, -0.2) is 37.9 Å². The van der Waals surface area contributed by atoms with Crippen molar-refractivity contribution in [2.45, 2.75) is 51.4 Å². The Morgan fingerprint density at radius 1 is 1.05 bits per heavy atom. The van der Waals surface area contributed by atoms with Gasteiger partial charge in [-0.2, -0.15) is 13.2 Å². The molecule has 3 rings (SSSR count). The molecule has 198 valence electrons. The third-order valence-electron chi connectivity index (χ3n) is 5.78. The van der Waals surface area contributed by atoms with Crippen molar-refractivity contribution in [3.8, 4) is 11.4 Å². The molecule has 1 aromatic heterocycles. The number of hydrogen-bond donors (Lipinski definition) is 2. The van der Waals surface area contributed by atoms with Crippen LogP contribution in [0.5, 0.6) is 0 Å². The molecule has 12 heteroatoms. The van der Waals surface area contributed by atoms with Gasteiger partial charge in [0.05, 0.1) is 5.56 Å². The van der Waals surface area contributed by atoms with Crippen molar-refractivity contribution in [3.05, 3.63) is 75.2 Å². The van der Waals surface area contributed by atoms with Gasteiger partial charge in [-0.3, -0.25) is 14.2 Å². The van der Waals surface area contributed by atoms with E-state index in [1.807, 2.05) is 0 Å². The predicted octanol–water partition coefficient (Wildman–Crippen LogP) is 4.34. The number of benzene rings is 2. The van der Waals surface area contributed by atoms with E-state index in [2.05, 4.69) is 10.4 Å². The molecule has 2 N–H and O–H groups in total. The van der Waals surface area contributed by atoms with E-state index >= 15 is 0 Å². The molecule has 0 aliphatic rings. The first-order chi connectivity index (χ1) is 17.3. The summed E-state index contributed by atoms with van der Waals surface area (Å²) in [4.78, 5) is 36.6.